The van der Waals surface area contributed by atoms with Crippen molar-refractivity contribution in [1.82, 2.24) is 15.1 Å². The molecule has 0 aliphatic carbocycles. The maximum atomic E-state index is 12.7. The summed E-state index contributed by atoms with van der Waals surface area (Å²) in [7, 11) is 0. The van der Waals surface area contributed by atoms with E-state index in [4.69, 9.17) is 11.6 Å². The van der Waals surface area contributed by atoms with Gasteiger partial charge < -0.3 is 15.5 Å². The van der Waals surface area contributed by atoms with Crippen molar-refractivity contribution in [3.63, 3.8) is 0 Å². The third-order valence-corrected chi connectivity index (χ3v) is 6.43. The molecule has 7 nitrogen and oxygen atoms in total. The van der Waals surface area contributed by atoms with Gasteiger partial charge in [0, 0.05) is 35.4 Å². The second-order valence-corrected chi connectivity index (χ2v) is 8.93. The van der Waals surface area contributed by atoms with E-state index in [-0.39, 0.29) is 17.9 Å². The van der Waals surface area contributed by atoms with E-state index < -0.39 is 0 Å². The number of carbonyl (C=O) groups is 2. The first-order valence-electron chi connectivity index (χ1n) is 10.0. The number of hydrogen-bond donors (Lipinski definition) is 2. The molecule has 1 aromatic heterocycles. The summed E-state index contributed by atoms with van der Waals surface area (Å²) in [5.41, 5.74) is 2.54. The third-order valence-electron chi connectivity index (χ3n) is 5.10. The number of nitrogens with one attached hydrogen (secondary N) is 2. The summed E-state index contributed by atoms with van der Waals surface area (Å²) in [5, 5.41) is 15.8. The standard InChI is InChI=1S/C22H22ClN5O2S/c1-14-4-8-17(9-5-14)24-19(29)21-27-26-20(31-21)15-3-2-12-28(13-15)22(30)25-18-10-6-16(23)7-11-18/h4-11,15H,2-3,12-13H2,1H3,(H,24,29)(H,25,30)/t15-/m0/s1. The summed E-state index contributed by atoms with van der Waals surface area (Å²) in [6.45, 7) is 3.20. The monoisotopic (exact) mass is 455 g/mol. The first-order valence-corrected chi connectivity index (χ1v) is 11.2. The Kier molecular flexibility index (Phi) is 6.48. The van der Waals surface area contributed by atoms with Gasteiger partial charge in [0.25, 0.3) is 5.91 Å². The summed E-state index contributed by atoms with van der Waals surface area (Å²) in [4.78, 5) is 26.9. The van der Waals surface area contributed by atoms with Crippen molar-refractivity contribution in [1.29, 1.82) is 0 Å². The topological polar surface area (TPSA) is 87.2 Å². The lowest BCUT2D eigenvalue weighted by molar-refractivity contribution is 0.102. The van der Waals surface area contributed by atoms with Crippen molar-refractivity contribution in [2.45, 2.75) is 25.7 Å². The van der Waals surface area contributed by atoms with Crippen molar-refractivity contribution in [2.75, 3.05) is 23.7 Å². The van der Waals surface area contributed by atoms with Gasteiger partial charge in [0.05, 0.1) is 0 Å². The predicted octanol–water partition coefficient (Wildman–Crippen LogP) is 5.16. The molecule has 160 valence electrons. The summed E-state index contributed by atoms with van der Waals surface area (Å²) in [6, 6.07) is 14.4. The Morgan fingerprint density at radius 3 is 2.45 bits per heavy atom. The van der Waals surface area contributed by atoms with E-state index in [1.54, 1.807) is 29.2 Å². The zero-order valence-corrected chi connectivity index (χ0v) is 18.5. The van der Waals surface area contributed by atoms with E-state index in [0.717, 1.165) is 29.1 Å². The van der Waals surface area contributed by atoms with Crippen LogP contribution in [0, 0.1) is 6.92 Å². The molecule has 1 aliphatic heterocycles. The van der Waals surface area contributed by atoms with Gasteiger partial charge in [-0.05, 0) is 56.2 Å². The first kappa shape index (κ1) is 21.3. The van der Waals surface area contributed by atoms with E-state index in [0.29, 0.717) is 28.8 Å². The molecule has 1 saturated heterocycles. The fourth-order valence-electron chi connectivity index (χ4n) is 3.41. The van der Waals surface area contributed by atoms with E-state index in [9.17, 15) is 9.59 Å². The van der Waals surface area contributed by atoms with E-state index in [1.165, 1.54) is 11.3 Å². The van der Waals surface area contributed by atoms with Crippen molar-refractivity contribution >= 4 is 46.3 Å². The Bertz CT molecular complexity index is 1070. The molecular weight excluding hydrogens is 434 g/mol. The SMILES string of the molecule is Cc1ccc(NC(=O)c2nnc([C@H]3CCCN(C(=O)Nc4ccc(Cl)cc4)C3)s2)cc1. The lowest BCUT2D eigenvalue weighted by Gasteiger charge is -2.31. The van der Waals surface area contributed by atoms with Gasteiger partial charge in [0.2, 0.25) is 5.01 Å². The number of carbonyl (C=O) groups excluding carboxylic acids is 2. The Hall–Kier alpha value is -2.97. The van der Waals surface area contributed by atoms with Gasteiger partial charge in [-0.3, -0.25) is 4.79 Å². The highest BCUT2D eigenvalue weighted by molar-refractivity contribution is 7.13. The quantitative estimate of drug-likeness (QED) is 0.568. The average Bonchev–Trinajstić information content (AvgIpc) is 3.28. The average molecular weight is 456 g/mol. The summed E-state index contributed by atoms with van der Waals surface area (Å²) in [6.07, 6.45) is 1.77. The molecule has 0 saturated carbocycles. The molecule has 2 N–H and O–H groups in total. The smallest absolute Gasteiger partial charge is 0.321 e. The minimum atomic E-state index is -0.277. The van der Waals surface area contributed by atoms with Crippen LogP contribution in [0.2, 0.25) is 5.02 Å². The summed E-state index contributed by atoms with van der Waals surface area (Å²) < 4.78 is 0. The summed E-state index contributed by atoms with van der Waals surface area (Å²) >= 11 is 7.18. The number of rotatable bonds is 4. The highest BCUT2D eigenvalue weighted by atomic mass is 35.5. The van der Waals surface area contributed by atoms with Gasteiger partial charge in [-0.2, -0.15) is 0 Å². The van der Waals surface area contributed by atoms with Gasteiger partial charge in [0.1, 0.15) is 5.01 Å². The number of urea groups is 1. The molecule has 1 fully saturated rings. The molecule has 1 aliphatic rings. The Morgan fingerprint density at radius 2 is 1.71 bits per heavy atom. The lowest BCUT2D eigenvalue weighted by atomic mass is 9.99. The molecule has 0 spiro atoms. The Morgan fingerprint density at radius 1 is 1.03 bits per heavy atom. The minimum absolute atomic E-state index is 0.0585. The van der Waals surface area contributed by atoms with Crippen LogP contribution in [-0.2, 0) is 0 Å². The molecule has 0 radical (unpaired) electrons. The molecule has 3 amide bonds. The Labute approximate surface area is 189 Å². The van der Waals surface area contributed by atoms with Crippen LogP contribution >= 0.6 is 22.9 Å². The number of amides is 3. The van der Waals surface area contributed by atoms with Crippen LogP contribution in [0.25, 0.3) is 0 Å². The highest BCUT2D eigenvalue weighted by Crippen LogP contribution is 2.30. The zero-order valence-electron chi connectivity index (χ0n) is 17.0. The molecule has 2 aromatic carbocycles. The van der Waals surface area contributed by atoms with Gasteiger partial charge in [-0.15, -0.1) is 10.2 Å². The molecular formula is C22H22ClN5O2S. The number of aromatic nitrogens is 2. The maximum absolute atomic E-state index is 12.7. The number of hydrogen-bond acceptors (Lipinski definition) is 5. The van der Waals surface area contributed by atoms with E-state index >= 15 is 0 Å². The second kappa shape index (κ2) is 9.45. The highest BCUT2D eigenvalue weighted by Gasteiger charge is 2.28. The van der Waals surface area contributed by atoms with Crippen LogP contribution in [0.3, 0.4) is 0 Å². The molecule has 0 bridgehead atoms. The van der Waals surface area contributed by atoms with Crippen LogP contribution in [0.4, 0.5) is 16.2 Å². The molecule has 31 heavy (non-hydrogen) atoms. The molecule has 1 atom stereocenters. The molecule has 2 heterocycles. The third kappa shape index (κ3) is 5.39. The van der Waals surface area contributed by atoms with E-state index in [2.05, 4.69) is 20.8 Å². The van der Waals surface area contributed by atoms with Crippen molar-refractivity contribution in [2.24, 2.45) is 0 Å². The number of nitrogens with zero attached hydrogens (tertiary/aromatic N) is 3. The van der Waals surface area contributed by atoms with Crippen LogP contribution in [0.15, 0.2) is 48.5 Å². The van der Waals surface area contributed by atoms with Crippen LogP contribution in [0.5, 0.6) is 0 Å². The fraction of sp³-hybridized carbons (Fsp3) is 0.273. The maximum Gasteiger partial charge on any atom is 0.321 e. The fourth-order valence-corrected chi connectivity index (χ4v) is 4.40. The van der Waals surface area contributed by atoms with Crippen molar-refractivity contribution in [3.8, 4) is 0 Å². The number of halogens is 1. The van der Waals surface area contributed by atoms with Crippen molar-refractivity contribution in [3.05, 3.63) is 69.1 Å². The number of aryl methyl sites for hydroxylation is 1. The first-order chi connectivity index (χ1) is 15.0. The van der Waals surface area contributed by atoms with E-state index in [1.807, 2.05) is 31.2 Å². The molecule has 0 unspecified atom stereocenters. The predicted molar refractivity (Wildman–Crippen MR) is 123 cm³/mol. The minimum Gasteiger partial charge on any atom is -0.324 e. The van der Waals surface area contributed by atoms with Crippen molar-refractivity contribution < 1.29 is 9.59 Å². The number of anilines is 2. The van der Waals surface area contributed by atoms with Crippen LogP contribution in [-0.4, -0.2) is 40.1 Å². The Balaban J connectivity index is 1.37. The van der Waals surface area contributed by atoms with Gasteiger partial charge in [-0.1, -0.05) is 40.6 Å². The largest absolute Gasteiger partial charge is 0.324 e. The van der Waals surface area contributed by atoms with Crippen LogP contribution in [0.1, 0.15) is 39.1 Å². The lowest BCUT2D eigenvalue weighted by Crippen LogP contribution is -2.41. The number of piperidine rings is 1. The molecule has 3 aromatic rings. The van der Waals surface area contributed by atoms with Crippen LogP contribution < -0.4 is 10.6 Å². The van der Waals surface area contributed by atoms with Gasteiger partial charge in [-0.25, -0.2) is 4.79 Å². The number of likely N-dealkylation sites (tertiary alicyclic amines) is 1. The second-order valence-electron chi connectivity index (χ2n) is 7.49. The van der Waals surface area contributed by atoms with Gasteiger partial charge in [0.15, 0.2) is 0 Å². The normalized spacial score (nSPS) is 16.1. The van der Waals surface area contributed by atoms with Gasteiger partial charge >= 0.3 is 6.03 Å². The number of benzene rings is 2. The molecule has 9 heteroatoms. The zero-order chi connectivity index (χ0) is 21.8. The summed E-state index contributed by atoms with van der Waals surface area (Å²) in [5.74, 6) is -0.219. The molecule has 4 rings (SSSR count).